The third-order valence-corrected chi connectivity index (χ3v) is 6.66. The molecule has 1 aliphatic rings. The maximum atomic E-state index is 13.0. The molecule has 0 radical (unpaired) electrons. The van der Waals surface area contributed by atoms with Gasteiger partial charge in [0.15, 0.2) is 0 Å². The van der Waals surface area contributed by atoms with E-state index in [9.17, 15) is 10.1 Å². The fourth-order valence-electron chi connectivity index (χ4n) is 4.08. The quantitative estimate of drug-likeness (QED) is 0.539. The molecule has 0 N–H and O–H groups in total. The van der Waals surface area contributed by atoms with Crippen molar-refractivity contribution in [2.75, 3.05) is 24.5 Å². The molecule has 2 aromatic heterocycles. The molecule has 1 saturated heterocycles. The highest BCUT2D eigenvalue weighted by Crippen LogP contribution is 2.28. The van der Waals surface area contributed by atoms with Gasteiger partial charge in [0, 0.05) is 36.1 Å². The third-order valence-electron chi connectivity index (χ3n) is 5.56. The molecule has 0 bridgehead atoms. The van der Waals surface area contributed by atoms with Crippen LogP contribution in [0.15, 0.2) is 41.8 Å². The van der Waals surface area contributed by atoms with E-state index in [1.807, 2.05) is 34.5 Å². The number of piperidine rings is 1. The third kappa shape index (κ3) is 4.14. The van der Waals surface area contributed by atoms with Gasteiger partial charge in [-0.3, -0.25) is 4.79 Å². The van der Waals surface area contributed by atoms with Gasteiger partial charge in [0.25, 0.3) is 5.91 Å². The lowest BCUT2D eigenvalue weighted by Gasteiger charge is -2.39. The minimum atomic E-state index is 0.137. The van der Waals surface area contributed by atoms with E-state index in [0.29, 0.717) is 10.6 Å². The van der Waals surface area contributed by atoms with Crippen molar-refractivity contribution < 1.29 is 4.79 Å². The number of hydrogen-bond acceptors (Lipinski definition) is 5. The zero-order chi connectivity index (χ0) is 21.1. The number of carbonyl (C=O) groups is 1. The number of aromatic nitrogens is 1. The monoisotopic (exact) mass is 438 g/mol. The van der Waals surface area contributed by atoms with Gasteiger partial charge in [0.1, 0.15) is 5.82 Å². The Morgan fingerprint density at radius 3 is 2.80 bits per heavy atom. The van der Waals surface area contributed by atoms with Crippen molar-refractivity contribution in [3.05, 3.63) is 57.2 Å². The molecule has 0 saturated carbocycles. The van der Waals surface area contributed by atoms with Gasteiger partial charge in [0.2, 0.25) is 0 Å². The Hall–Kier alpha value is -2.62. The molecule has 0 aliphatic carbocycles. The molecular formula is C23H23ClN4OS. The first-order chi connectivity index (χ1) is 14.6. The fraction of sp³-hybridized carbons (Fsp3) is 0.348. The van der Waals surface area contributed by atoms with Gasteiger partial charge in [-0.25, -0.2) is 4.98 Å². The van der Waals surface area contributed by atoms with Gasteiger partial charge in [-0.05, 0) is 55.0 Å². The van der Waals surface area contributed by atoms with Crippen molar-refractivity contribution in [2.45, 2.75) is 32.2 Å². The summed E-state index contributed by atoms with van der Waals surface area (Å²) >= 11 is 7.59. The normalized spacial score (nSPS) is 14.6. The highest BCUT2D eigenvalue weighted by atomic mass is 35.5. The van der Waals surface area contributed by atoms with Crippen molar-refractivity contribution in [1.29, 1.82) is 5.26 Å². The molecular weight excluding hydrogens is 416 g/mol. The summed E-state index contributed by atoms with van der Waals surface area (Å²) in [5.74, 6) is 0.948. The minimum absolute atomic E-state index is 0.137. The average molecular weight is 439 g/mol. The van der Waals surface area contributed by atoms with Crippen LogP contribution in [0.5, 0.6) is 0 Å². The van der Waals surface area contributed by atoms with Crippen LogP contribution in [-0.4, -0.2) is 41.5 Å². The molecule has 1 aromatic carbocycles. The second kappa shape index (κ2) is 9.03. The number of rotatable bonds is 5. The van der Waals surface area contributed by atoms with E-state index in [4.69, 9.17) is 16.6 Å². The largest absolute Gasteiger partial charge is 0.356 e. The van der Waals surface area contributed by atoms with E-state index in [1.165, 1.54) is 11.3 Å². The predicted molar refractivity (Wildman–Crippen MR) is 122 cm³/mol. The maximum Gasteiger partial charge on any atom is 0.264 e. The molecule has 3 aromatic rings. The summed E-state index contributed by atoms with van der Waals surface area (Å²) in [7, 11) is 0. The van der Waals surface area contributed by atoms with Crippen LogP contribution in [-0.2, 0) is 0 Å². The smallest absolute Gasteiger partial charge is 0.264 e. The van der Waals surface area contributed by atoms with Gasteiger partial charge in [-0.1, -0.05) is 24.6 Å². The second-order valence-electron chi connectivity index (χ2n) is 7.50. The van der Waals surface area contributed by atoms with Crippen LogP contribution < -0.4 is 4.90 Å². The van der Waals surface area contributed by atoms with Gasteiger partial charge in [0.05, 0.1) is 22.0 Å². The number of fused-ring (bicyclic) bond motifs is 1. The maximum absolute atomic E-state index is 13.0. The summed E-state index contributed by atoms with van der Waals surface area (Å²) in [6.45, 7) is 4.49. The first-order valence-electron chi connectivity index (χ1n) is 10.2. The van der Waals surface area contributed by atoms with E-state index in [0.717, 1.165) is 60.5 Å². The zero-order valence-electron chi connectivity index (χ0n) is 16.8. The number of hydrogen-bond donors (Lipinski definition) is 0. The SMILES string of the molecule is CCCN(C(=O)c1cccs1)C1CCN(c2cc(C#N)c3cc(Cl)ccc3n2)CC1. The Bertz CT molecular complexity index is 1080. The summed E-state index contributed by atoms with van der Waals surface area (Å²) in [6.07, 6.45) is 2.72. The zero-order valence-corrected chi connectivity index (χ0v) is 18.4. The molecule has 30 heavy (non-hydrogen) atoms. The van der Waals surface area contributed by atoms with Crippen molar-refractivity contribution in [2.24, 2.45) is 0 Å². The van der Waals surface area contributed by atoms with Crippen LogP contribution >= 0.6 is 22.9 Å². The minimum Gasteiger partial charge on any atom is -0.356 e. The molecule has 1 amide bonds. The first-order valence-corrected chi connectivity index (χ1v) is 11.5. The Morgan fingerprint density at radius 2 is 2.13 bits per heavy atom. The molecule has 0 spiro atoms. The molecule has 0 unspecified atom stereocenters. The van der Waals surface area contributed by atoms with Crippen molar-refractivity contribution >= 4 is 45.6 Å². The average Bonchev–Trinajstić information content (AvgIpc) is 3.31. The van der Waals surface area contributed by atoms with Gasteiger partial charge >= 0.3 is 0 Å². The Kier molecular flexibility index (Phi) is 6.21. The second-order valence-corrected chi connectivity index (χ2v) is 8.88. The van der Waals surface area contributed by atoms with E-state index in [1.54, 1.807) is 12.1 Å². The predicted octanol–water partition coefficient (Wildman–Crippen LogP) is 5.34. The number of thiophene rings is 1. The van der Waals surface area contributed by atoms with E-state index in [2.05, 4.69) is 17.9 Å². The Labute approximate surface area is 185 Å². The van der Waals surface area contributed by atoms with Crippen LogP contribution in [0.2, 0.25) is 5.02 Å². The molecule has 4 rings (SSSR count). The fourth-order valence-corrected chi connectivity index (χ4v) is 4.93. The summed E-state index contributed by atoms with van der Waals surface area (Å²) in [5, 5.41) is 12.9. The molecule has 7 heteroatoms. The van der Waals surface area contributed by atoms with Crippen LogP contribution in [0.3, 0.4) is 0 Å². The van der Waals surface area contributed by atoms with E-state index < -0.39 is 0 Å². The highest BCUT2D eigenvalue weighted by molar-refractivity contribution is 7.12. The first kappa shape index (κ1) is 20.6. The molecule has 0 atom stereocenters. The number of halogens is 1. The molecule has 5 nitrogen and oxygen atoms in total. The van der Waals surface area contributed by atoms with Crippen molar-refractivity contribution in [3.63, 3.8) is 0 Å². The number of carbonyl (C=O) groups excluding carboxylic acids is 1. The van der Waals surface area contributed by atoms with Crippen molar-refractivity contribution in [3.8, 4) is 6.07 Å². The van der Waals surface area contributed by atoms with Crippen LogP contribution in [0, 0.1) is 11.3 Å². The number of anilines is 1. The summed E-state index contributed by atoms with van der Waals surface area (Å²) in [5.41, 5.74) is 1.36. The molecule has 154 valence electrons. The Morgan fingerprint density at radius 1 is 1.33 bits per heavy atom. The highest BCUT2D eigenvalue weighted by Gasteiger charge is 2.29. The van der Waals surface area contributed by atoms with Crippen molar-refractivity contribution in [1.82, 2.24) is 9.88 Å². The van der Waals surface area contributed by atoms with Crippen LogP contribution in [0.4, 0.5) is 5.82 Å². The topological polar surface area (TPSA) is 60.2 Å². The van der Waals surface area contributed by atoms with E-state index >= 15 is 0 Å². The van der Waals surface area contributed by atoms with Gasteiger partial charge in [-0.15, -0.1) is 11.3 Å². The lowest BCUT2D eigenvalue weighted by molar-refractivity contribution is 0.0655. The van der Waals surface area contributed by atoms with Gasteiger partial charge < -0.3 is 9.80 Å². The number of benzene rings is 1. The van der Waals surface area contributed by atoms with Crippen LogP contribution in [0.1, 0.15) is 41.4 Å². The molecule has 1 aliphatic heterocycles. The Balaban J connectivity index is 1.52. The number of amides is 1. The number of nitriles is 1. The number of pyridine rings is 1. The summed E-state index contributed by atoms with van der Waals surface area (Å²) < 4.78 is 0. The molecule has 1 fully saturated rings. The lowest BCUT2D eigenvalue weighted by atomic mass is 10.0. The van der Waals surface area contributed by atoms with Crippen LogP contribution in [0.25, 0.3) is 10.9 Å². The standard InChI is InChI=1S/C23H23ClN4OS/c1-2-9-28(23(29)21-4-3-12-30-21)18-7-10-27(11-8-18)22-13-16(15-25)19-14-17(24)5-6-20(19)26-22/h3-6,12-14,18H,2,7-11H2,1H3. The summed E-state index contributed by atoms with van der Waals surface area (Å²) in [4.78, 5) is 22.8. The van der Waals surface area contributed by atoms with Gasteiger partial charge in [-0.2, -0.15) is 5.26 Å². The summed E-state index contributed by atoms with van der Waals surface area (Å²) in [6, 6.07) is 13.6. The lowest BCUT2D eigenvalue weighted by Crippen LogP contribution is -2.47. The molecule has 3 heterocycles. The number of nitrogens with zero attached hydrogens (tertiary/aromatic N) is 4. The van der Waals surface area contributed by atoms with E-state index in [-0.39, 0.29) is 11.9 Å².